The van der Waals surface area contributed by atoms with Crippen molar-refractivity contribution in [2.75, 3.05) is 26.1 Å². The molecule has 0 saturated carbocycles. The quantitative estimate of drug-likeness (QED) is 0.310. The van der Waals surface area contributed by atoms with Crippen LogP contribution in [0.5, 0.6) is 11.5 Å². The van der Waals surface area contributed by atoms with Gasteiger partial charge in [-0.15, -0.1) is 0 Å². The van der Waals surface area contributed by atoms with Gasteiger partial charge in [0, 0.05) is 40.3 Å². The lowest BCUT2D eigenvalue weighted by Crippen LogP contribution is -2.33. The molecular formula is C26H26ClN3O3. The van der Waals surface area contributed by atoms with E-state index in [9.17, 15) is 4.79 Å². The van der Waals surface area contributed by atoms with E-state index in [0.29, 0.717) is 28.8 Å². The molecule has 3 aromatic carbocycles. The van der Waals surface area contributed by atoms with Crippen molar-refractivity contribution in [2.24, 2.45) is 0 Å². The standard InChI is InChI=1S/C26H26ClN3O3/c1-16-21(27)8-6-10-22(16)30-26(31)29-14-19(17-11-12-24(32-2)25(13-17)33-3)20-15-28-23-9-5-4-7-18(20)23/h4-13,15,19,28H,14H2,1-3H3,(H2,29,30,31)/t19-/m1/s1. The van der Waals surface area contributed by atoms with Crippen molar-refractivity contribution < 1.29 is 14.3 Å². The Labute approximate surface area is 197 Å². The molecule has 3 N–H and O–H groups in total. The van der Waals surface area contributed by atoms with E-state index < -0.39 is 0 Å². The van der Waals surface area contributed by atoms with Crippen molar-refractivity contribution in [3.8, 4) is 11.5 Å². The van der Waals surface area contributed by atoms with Crippen LogP contribution in [0.2, 0.25) is 5.02 Å². The summed E-state index contributed by atoms with van der Waals surface area (Å²) in [7, 11) is 3.22. The number of hydrogen-bond donors (Lipinski definition) is 3. The van der Waals surface area contributed by atoms with Gasteiger partial charge < -0.3 is 25.1 Å². The Bertz CT molecular complexity index is 1290. The molecular weight excluding hydrogens is 438 g/mol. The van der Waals surface area contributed by atoms with E-state index in [2.05, 4.69) is 21.7 Å². The van der Waals surface area contributed by atoms with Crippen LogP contribution in [-0.2, 0) is 0 Å². The van der Waals surface area contributed by atoms with Crippen molar-refractivity contribution in [1.82, 2.24) is 10.3 Å². The zero-order valence-electron chi connectivity index (χ0n) is 18.7. The molecule has 1 aromatic heterocycles. The molecule has 0 aliphatic heterocycles. The fourth-order valence-electron chi connectivity index (χ4n) is 3.96. The largest absolute Gasteiger partial charge is 0.493 e. The molecule has 1 atom stereocenters. The number of aromatic amines is 1. The summed E-state index contributed by atoms with van der Waals surface area (Å²) in [6.45, 7) is 2.25. The third kappa shape index (κ3) is 4.76. The Balaban J connectivity index is 1.63. The number of hydrogen-bond acceptors (Lipinski definition) is 3. The Hall–Kier alpha value is -3.64. The third-order valence-electron chi connectivity index (χ3n) is 5.79. The summed E-state index contributed by atoms with van der Waals surface area (Å²) in [6, 6.07) is 19.1. The monoisotopic (exact) mass is 463 g/mol. The highest BCUT2D eigenvalue weighted by molar-refractivity contribution is 6.31. The minimum atomic E-state index is -0.300. The predicted molar refractivity (Wildman–Crippen MR) is 133 cm³/mol. The number of aromatic nitrogens is 1. The van der Waals surface area contributed by atoms with Gasteiger partial charge in [0.2, 0.25) is 0 Å². The number of benzene rings is 3. The Morgan fingerprint density at radius 3 is 2.61 bits per heavy atom. The van der Waals surface area contributed by atoms with Gasteiger partial charge in [0.1, 0.15) is 0 Å². The number of rotatable bonds is 7. The van der Waals surface area contributed by atoms with Crippen LogP contribution in [-0.4, -0.2) is 31.8 Å². The SMILES string of the molecule is COc1ccc([C@@H](CNC(=O)Nc2cccc(Cl)c2C)c2c[nH]c3ccccc23)cc1OC. The molecule has 0 unspecified atom stereocenters. The molecule has 1 heterocycles. The number of urea groups is 1. The number of amides is 2. The van der Waals surface area contributed by atoms with E-state index >= 15 is 0 Å². The first-order valence-electron chi connectivity index (χ1n) is 10.6. The van der Waals surface area contributed by atoms with Crippen LogP contribution < -0.4 is 20.1 Å². The maximum atomic E-state index is 12.8. The van der Waals surface area contributed by atoms with E-state index in [4.69, 9.17) is 21.1 Å². The number of ether oxygens (including phenoxy) is 2. The van der Waals surface area contributed by atoms with Crippen molar-refractivity contribution in [3.63, 3.8) is 0 Å². The lowest BCUT2D eigenvalue weighted by atomic mass is 9.90. The third-order valence-corrected chi connectivity index (χ3v) is 6.20. The maximum Gasteiger partial charge on any atom is 0.319 e. The number of halogens is 1. The zero-order valence-corrected chi connectivity index (χ0v) is 19.5. The second-order valence-electron chi connectivity index (χ2n) is 7.70. The minimum absolute atomic E-state index is 0.118. The summed E-state index contributed by atoms with van der Waals surface area (Å²) < 4.78 is 10.9. The van der Waals surface area contributed by atoms with Gasteiger partial charge in [0.25, 0.3) is 0 Å². The summed E-state index contributed by atoms with van der Waals surface area (Å²) in [5.41, 5.74) is 4.61. The van der Waals surface area contributed by atoms with Crippen molar-refractivity contribution in [2.45, 2.75) is 12.8 Å². The summed E-state index contributed by atoms with van der Waals surface area (Å²) in [5.74, 6) is 1.17. The first kappa shape index (κ1) is 22.6. The Kier molecular flexibility index (Phi) is 6.75. The van der Waals surface area contributed by atoms with Gasteiger partial charge in [-0.05, 0) is 53.9 Å². The first-order valence-corrected chi connectivity index (χ1v) is 11.0. The van der Waals surface area contributed by atoms with Gasteiger partial charge in [0.15, 0.2) is 11.5 Å². The molecule has 0 aliphatic rings. The average Bonchev–Trinajstić information content (AvgIpc) is 3.26. The number of carbonyl (C=O) groups is 1. The number of anilines is 1. The summed E-state index contributed by atoms with van der Waals surface area (Å²) in [5, 5.41) is 7.62. The lowest BCUT2D eigenvalue weighted by molar-refractivity contribution is 0.252. The first-order chi connectivity index (χ1) is 16.0. The van der Waals surface area contributed by atoms with Crippen molar-refractivity contribution in [3.05, 3.63) is 88.6 Å². The molecule has 0 fully saturated rings. The zero-order chi connectivity index (χ0) is 23.4. The summed E-state index contributed by atoms with van der Waals surface area (Å²) in [4.78, 5) is 16.1. The fraction of sp³-hybridized carbons (Fsp3) is 0.192. The molecule has 0 radical (unpaired) electrons. The highest BCUT2D eigenvalue weighted by Gasteiger charge is 2.21. The molecule has 170 valence electrons. The normalized spacial score (nSPS) is 11.8. The Morgan fingerprint density at radius 1 is 1.03 bits per heavy atom. The maximum absolute atomic E-state index is 12.8. The van der Waals surface area contributed by atoms with Crippen molar-refractivity contribution >= 4 is 34.2 Å². The molecule has 4 rings (SSSR count). The number of H-pyrrole nitrogens is 1. The van der Waals surface area contributed by atoms with E-state index in [1.807, 2.05) is 61.7 Å². The van der Waals surface area contributed by atoms with Crippen LogP contribution >= 0.6 is 11.6 Å². The highest BCUT2D eigenvalue weighted by atomic mass is 35.5. The van der Waals surface area contributed by atoms with Crippen LogP contribution in [0.4, 0.5) is 10.5 Å². The van der Waals surface area contributed by atoms with Gasteiger partial charge in [0.05, 0.1) is 14.2 Å². The molecule has 0 spiro atoms. The molecule has 7 heteroatoms. The fourth-order valence-corrected chi connectivity index (χ4v) is 4.14. The molecule has 0 aliphatic carbocycles. The molecule has 0 bridgehead atoms. The smallest absolute Gasteiger partial charge is 0.319 e. The molecule has 0 saturated heterocycles. The van der Waals surface area contributed by atoms with Crippen LogP contribution in [0, 0.1) is 6.92 Å². The number of nitrogens with one attached hydrogen (secondary N) is 3. The van der Waals surface area contributed by atoms with E-state index in [0.717, 1.165) is 27.6 Å². The van der Waals surface area contributed by atoms with Gasteiger partial charge in [-0.3, -0.25) is 0 Å². The average molecular weight is 464 g/mol. The van der Waals surface area contributed by atoms with Gasteiger partial charge in [-0.1, -0.05) is 41.9 Å². The highest BCUT2D eigenvalue weighted by Crippen LogP contribution is 2.35. The van der Waals surface area contributed by atoms with Crippen LogP contribution in [0.3, 0.4) is 0 Å². The second kappa shape index (κ2) is 9.88. The number of para-hydroxylation sites is 1. The summed E-state index contributed by atoms with van der Waals surface area (Å²) >= 11 is 6.18. The van der Waals surface area contributed by atoms with E-state index in [-0.39, 0.29) is 11.9 Å². The predicted octanol–water partition coefficient (Wildman–Crippen LogP) is 6.10. The van der Waals surface area contributed by atoms with E-state index in [1.54, 1.807) is 20.3 Å². The van der Waals surface area contributed by atoms with Crippen molar-refractivity contribution in [1.29, 1.82) is 0 Å². The molecule has 6 nitrogen and oxygen atoms in total. The molecule has 33 heavy (non-hydrogen) atoms. The van der Waals surface area contributed by atoms with Gasteiger partial charge in [-0.25, -0.2) is 4.79 Å². The Morgan fingerprint density at radius 2 is 1.82 bits per heavy atom. The molecule has 4 aromatic rings. The van der Waals surface area contributed by atoms with Crippen LogP contribution in [0.25, 0.3) is 10.9 Å². The van der Waals surface area contributed by atoms with Gasteiger partial charge in [-0.2, -0.15) is 0 Å². The van der Waals surface area contributed by atoms with E-state index in [1.165, 1.54) is 0 Å². The lowest BCUT2D eigenvalue weighted by Gasteiger charge is -2.20. The summed E-state index contributed by atoms with van der Waals surface area (Å²) in [6.07, 6.45) is 1.99. The number of fused-ring (bicyclic) bond motifs is 1. The van der Waals surface area contributed by atoms with Crippen LogP contribution in [0.15, 0.2) is 66.9 Å². The number of carbonyl (C=O) groups excluding carboxylic acids is 1. The van der Waals surface area contributed by atoms with Gasteiger partial charge >= 0.3 is 6.03 Å². The number of methoxy groups -OCH3 is 2. The molecule has 2 amide bonds. The topological polar surface area (TPSA) is 75.4 Å². The van der Waals surface area contributed by atoms with Crippen LogP contribution in [0.1, 0.15) is 22.6 Å². The minimum Gasteiger partial charge on any atom is -0.493 e. The second-order valence-corrected chi connectivity index (χ2v) is 8.11.